The fraction of sp³-hybridized carbons (Fsp3) is 0. The quantitative estimate of drug-likeness (QED) is 0.184. The van der Waals surface area contributed by atoms with Crippen LogP contribution in [0.4, 0.5) is 0 Å². The van der Waals surface area contributed by atoms with Gasteiger partial charge in [0.25, 0.3) is 0 Å². The highest BCUT2D eigenvalue weighted by Gasteiger charge is 2.18. The summed E-state index contributed by atoms with van der Waals surface area (Å²) in [7, 11) is 0. The van der Waals surface area contributed by atoms with E-state index in [-0.39, 0.29) is 0 Å². The van der Waals surface area contributed by atoms with Crippen LogP contribution in [0.2, 0.25) is 0 Å². The number of hydrogen-bond acceptors (Lipinski definition) is 6. The molecule has 6 nitrogen and oxygen atoms in total. The van der Waals surface area contributed by atoms with E-state index in [1.807, 2.05) is 91.0 Å². The summed E-state index contributed by atoms with van der Waals surface area (Å²) in [5.74, 6) is 1.83. The summed E-state index contributed by atoms with van der Waals surface area (Å²) in [5, 5.41) is 6.25. The van der Waals surface area contributed by atoms with E-state index >= 15 is 0 Å². The number of aromatic nitrogens is 5. The van der Waals surface area contributed by atoms with Crippen molar-refractivity contribution < 1.29 is 4.42 Å². The zero-order chi connectivity index (χ0) is 33.7. The van der Waals surface area contributed by atoms with Crippen molar-refractivity contribution >= 4 is 43.6 Å². The molecule has 0 atom stereocenters. The normalized spacial score (nSPS) is 11.5. The van der Waals surface area contributed by atoms with Gasteiger partial charge in [-0.2, -0.15) is 0 Å². The highest BCUT2D eigenvalue weighted by atomic mass is 16.3. The van der Waals surface area contributed by atoms with Crippen LogP contribution >= 0.6 is 0 Å². The average Bonchev–Trinajstić information content (AvgIpc) is 3.58. The number of rotatable bonds is 5. The van der Waals surface area contributed by atoms with Crippen LogP contribution in [0.25, 0.3) is 100 Å². The SMILES string of the molecule is c1ccc(-c2nc(-c3ccccc3)nc(-c3cc(-c4cc5ccccc5c(-c5ccc6c(n5)oc5ccccc56)n4)c4ccccc4c3)n2)cc1. The fourth-order valence-corrected chi connectivity index (χ4v) is 6.86. The minimum atomic E-state index is 0.590. The molecule has 4 aromatic heterocycles. The summed E-state index contributed by atoms with van der Waals surface area (Å²) in [6.45, 7) is 0. The van der Waals surface area contributed by atoms with Gasteiger partial charge >= 0.3 is 0 Å². The number of nitrogens with zero attached hydrogens (tertiary/aromatic N) is 5. The molecule has 0 unspecified atom stereocenters. The number of para-hydroxylation sites is 1. The third-order valence-electron chi connectivity index (χ3n) is 9.32. The molecule has 4 heterocycles. The van der Waals surface area contributed by atoms with E-state index in [0.29, 0.717) is 23.2 Å². The van der Waals surface area contributed by atoms with Gasteiger partial charge in [0.05, 0.1) is 17.1 Å². The minimum absolute atomic E-state index is 0.590. The van der Waals surface area contributed by atoms with Crippen molar-refractivity contribution in [1.82, 2.24) is 24.9 Å². The van der Waals surface area contributed by atoms with Crippen LogP contribution in [0.5, 0.6) is 0 Å². The number of benzene rings is 6. The second-order valence-corrected chi connectivity index (χ2v) is 12.5. The maximum absolute atomic E-state index is 6.19. The lowest BCUT2D eigenvalue weighted by molar-refractivity contribution is 0.654. The van der Waals surface area contributed by atoms with Crippen LogP contribution in [0.1, 0.15) is 0 Å². The predicted octanol–water partition coefficient (Wildman–Crippen LogP) is 11.2. The highest BCUT2D eigenvalue weighted by Crippen LogP contribution is 2.38. The van der Waals surface area contributed by atoms with E-state index in [4.69, 9.17) is 29.3 Å². The van der Waals surface area contributed by atoms with Gasteiger partial charge in [0.15, 0.2) is 17.5 Å². The molecule has 0 amide bonds. The van der Waals surface area contributed by atoms with Crippen LogP contribution < -0.4 is 0 Å². The van der Waals surface area contributed by atoms with Gasteiger partial charge < -0.3 is 4.42 Å². The molecule has 238 valence electrons. The third-order valence-corrected chi connectivity index (χ3v) is 9.32. The summed E-state index contributed by atoms with van der Waals surface area (Å²) in [4.78, 5) is 25.4. The van der Waals surface area contributed by atoms with Crippen LogP contribution in [-0.2, 0) is 0 Å². The Morgan fingerprint density at radius 1 is 0.353 bits per heavy atom. The summed E-state index contributed by atoms with van der Waals surface area (Å²) in [6.07, 6.45) is 0. The topological polar surface area (TPSA) is 77.6 Å². The molecule has 0 aliphatic heterocycles. The Balaban J connectivity index is 1.19. The Hall–Kier alpha value is -7.05. The van der Waals surface area contributed by atoms with Gasteiger partial charge in [-0.05, 0) is 52.6 Å². The van der Waals surface area contributed by atoms with E-state index < -0.39 is 0 Å². The van der Waals surface area contributed by atoms with Crippen molar-refractivity contribution in [3.63, 3.8) is 0 Å². The molecule has 0 aliphatic carbocycles. The number of fused-ring (bicyclic) bond motifs is 5. The van der Waals surface area contributed by atoms with Crippen LogP contribution in [-0.4, -0.2) is 24.9 Å². The van der Waals surface area contributed by atoms with E-state index in [9.17, 15) is 0 Å². The van der Waals surface area contributed by atoms with Crippen LogP contribution in [0, 0.1) is 0 Å². The maximum atomic E-state index is 6.19. The van der Waals surface area contributed by atoms with Gasteiger partial charge in [0.1, 0.15) is 5.58 Å². The Kier molecular flexibility index (Phi) is 6.70. The molecule has 0 radical (unpaired) electrons. The van der Waals surface area contributed by atoms with Crippen molar-refractivity contribution in [2.75, 3.05) is 0 Å². The Bertz CT molecular complexity index is 2860. The molecule has 0 bridgehead atoms. The number of furan rings is 1. The second kappa shape index (κ2) is 11.8. The largest absolute Gasteiger partial charge is 0.438 e. The molecule has 0 N–H and O–H groups in total. The average molecular weight is 654 g/mol. The van der Waals surface area contributed by atoms with Gasteiger partial charge in [0, 0.05) is 38.4 Å². The summed E-state index contributed by atoms with van der Waals surface area (Å²) in [5.41, 5.74) is 7.47. The monoisotopic (exact) mass is 653 g/mol. The molecule has 0 fully saturated rings. The molecule has 10 aromatic rings. The smallest absolute Gasteiger partial charge is 0.227 e. The van der Waals surface area contributed by atoms with Gasteiger partial charge in [-0.25, -0.2) is 24.9 Å². The molecule has 0 spiro atoms. The van der Waals surface area contributed by atoms with Crippen LogP contribution in [0.3, 0.4) is 0 Å². The van der Waals surface area contributed by atoms with Crippen molar-refractivity contribution in [1.29, 1.82) is 0 Å². The van der Waals surface area contributed by atoms with E-state index in [2.05, 4.69) is 72.8 Å². The lowest BCUT2D eigenvalue weighted by Crippen LogP contribution is -2.00. The molecule has 6 aromatic carbocycles. The van der Waals surface area contributed by atoms with Gasteiger partial charge in [-0.3, -0.25) is 0 Å². The van der Waals surface area contributed by atoms with Crippen molar-refractivity contribution in [2.24, 2.45) is 0 Å². The third kappa shape index (κ3) is 5.09. The molecular weight excluding hydrogens is 627 g/mol. The highest BCUT2D eigenvalue weighted by molar-refractivity contribution is 6.06. The first-order chi connectivity index (χ1) is 25.2. The zero-order valence-electron chi connectivity index (χ0n) is 27.2. The Labute approximate surface area is 292 Å². The molecule has 0 saturated heterocycles. The van der Waals surface area contributed by atoms with Gasteiger partial charge in [-0.15, -0.1) is 0 Å². The van der Waals surface area contributed by atoms with E-state index in [0.717, 1.165) is 77.2 Å². The summed E-state index contributed by atoms with van der Waals surface area (Å²) in [6, 6.07) is 55.4. The Morgan fingerprint density at radius 2 is 0.922 bits per heavy atom. The first-order valence-corrected chi connectivity index (χ1v) is 16.8. The molecular formula is C45H27N5O. The molecule has 51 heavy (non-hydrogen) atoms. The first kappa shape index (κ1) is 28.9. The standard InChI is InChI=1S/C45H27N5O/c1-3-13-28(14-4-1)42-48-43(29-15-5-2-6-16-29)50-44(49-42)32-25-30-17-7-9-19-33(30)37(26-32)39-27-31-18-8-10-20-34(31)41(46-39)38-24-23-36-35-21-11-12-22-40(35)51-45(36)47-38/h1-27H. The lowest BCUT2D eigenvalue weighted by atomic mass is 9.96. The minimum Gasteiger partial charge on any atom is -0.438 e. The second-order valence-electron chi connectivity index (χ2n) is 12.5. The summed E-state index contributed by atoms with van der Waals surface area (Å²) < 4.78 is 6.19. The van der Waals surface area contributed by atoms with Crippen molar-refractivity contribution in [3.8, 4) is 56.8 Å². The Morgan fingerprint density at radius 3 is 1.63 bits per heavy atom. The summed E-state index contributed by atoms with van der Waals surface area (Å²) >= 11 is 0. The van der Waals surface area contributed by atoms with Crippen LogP contribution in [0.15, 0.2) is 168 Å². The maximum Gasteiger partial charge on any atom is 0.227 e. The first-order valence-electron chi connectivity index (χ1n) is 16.8. The predicted molar refractivity (Wildman–Crippen MR) is 205 cm³/mol. The zero-order valence-corrected chi connectivity index (χ0v) is 27.2. The molecule has 10 rings (SSSR count). The lowest BCUT2D eigenvalue weighted by Gasteiger charge is -2.14. The molecule has 0 saturated carbocycles. The van der Waals surface area contributed by atoms with E-state index in [1.54, 1.807) is 0 Å². The van der Waals surface area contributed by atoms with Gasteiger partial charge in [0.2, 0.25) is 5.71 Å². The van der Waals surface area contributed by atoms with Crippen molar-refractivity contribution in [3.05, 3.63) is 164 Å². The number of hydrogen-bond donors (Lipinski definition) is 0. The van der Waals surface area contributed by atoms with Crippen molar-refractivity contribution in [2.45, 2.75) is 0 Å². The van der Waals surface area contributed by atoms with E-state index in [1.165, 1.54) is 0 Å². The fourth-order valence-electron chi connectivity index (χ4n) is 6.86. The molecule has 6 heteroatoms. The molecule has 0 aliphatic rings. The van der Waals surface area contributed by atoms with Gasteiger partial charge in [-0.1, -0.05) is 127 Å². The number of pyridine rings is 2.